The largest absolute Gasteiger partial charge is 0.398 e. The molecular formula is C13H11ClN4OS. The molecule has 0 unspecified atom stereocenters. The number of nitrogens with two attached hydrogens (primary N) is 1. The Bertz CT molecular complexity index is 752. The van der Waals surface area contributed by atoms with Gasteiger partial charge in [0.25, 0.3) is 5.89 Å². The topological polar surface area (TPSA) is 77.8 Å². The minimum Gasteiger partial charge on any atom is -0.398 e. The van der Waals surface area contributed by atoms with Crippen molar-refractivity contribution in [2.45, 2.75) is 13.3 Å². The van der Waals surface area contributed by atoms with Gasteiger partial charge in [-0.05, 0) is 25.1 Å². The van der Waals surface area contributed by atoms with E-state index in [9.17, 15) is 0 Å². The highest BCUT2D eigenvalue weighted by atomic mass is 35.5. The number of rotatable bonds is 3. The van der Waals surface area contributed by atoms with Crippen molar-refractivity contribution in [3.05, 3.63) is 45.1 Å². The first-order chi connectivity index (χ1) is 9.61. The van der Waals surface area contributed by atoms with Gasteiger partial charge in [-0.2, -0.15) is 4.98 Å². The predicted octanol–water partition coefficient (Wildman–Crippen LogP) is 3.33. The molecule has 2 heterocycles. The van der Waals surface area contributed by atoms with Crippen LogP contribution >= 0.6 is 22.9 Å². The molecule has 0 aliphatic heterocycles. The normalized spacial score (nSPS) is 10.9. The highest BCUT2D eigenvalue weighted by molar-refractivity contribution is 7.09. The van der Waals surface area contributed by atoms with Crippen LogP contribution in [0.1, 0.15) is 16.5 Å². The minimum atomic E-state index is 0.426. The first-order valence-corrected chi connectivity index (χ1v) is 7.16. The summed E-state index contributed by atoms with van der Waals surface area (Å²) in [7, 11) is 0. The van der Waals surface area contributed by atoms with Gasteiger partial charge in [0.05, 0.1) is 27.8 Å². The highest BCUT2D eigenvalue weighted by Crippen LogP contribution is 2.26. The van der Waals surface area contributed by atoms with Gasteiger partial charge in [-0.15, -0.1) is 11.3 Å². The van der Waals surface area contributed by atoms with E-state index in [1.54, 1.807) is 29.5 Å². The Kier molecular flexibility index (Phi) is 3.42. The SMILES string of the molecule is Cc1nc(Cc2noc(-c3ccc(Cl)c(N)c3)n2)cs1. The molecule has 2 N–H and O–H groups in total. The average Bonchev–Trinajstić information content (AvgIpc) is 3.03. The zero-order chi connectivity index (χ0) is 14.1. The Morgan fingerprint density at radius 1 is 1.35 bits per heavy atom. The van der Waals surface area contributed by atoms with Crippen molar-refractivity contribution in [1.29, 1.82) is 0 Å². The molecule has 0 radical (unpaired) electrons. The summed E-state index contributed by atoms with van der Waals surface area (Å²) in [6.07, 6.45) is 0.552. The van der Waals surface area contributed by atoms with Gasteiger partial charge in [-0.3, -0.25) is 0 Å². The Morgan fingerprint density at radius 3 is 2.90 bits per heavy atom. The van der Waals surface area contributed by atoms with Gasteiger partial charge in [0.15, 0.2) is 5.82 Å². The summed E-state index contributed by atoms with van der Waals surface area (Å²) >= 11 is 7.49. The van der Waals surface area contributed by atoms with Gasteiger partial charge in [0.1, 0.15) is 0 Å². The lowest BCUT2D eigenvalue weighted by Gasteiger charge is -1.98. The number of nitrogen functional groups attached to an aromatic ring is 1. The molecule has 0 bridgehead atoms. The second-order valence-corrected chi connectivity index (χ2v) is 5.76. The molecule has 0 saturated heterocycles. The summed E-state index contributed by atoms with van der Waals surface area (Å²) in [5.74, 6) is 1.02. The minimum absolute atomic E-state index is 0.426. The second-order valence-electron chi connectivity index (χ2n) is 4.29. The Balaban J connectivity index is 1.84. The van der Waals surface area contributed by atoms with Crippen LogP contribution in [-0.2, 0) is 6.42 Å². The molecular weight excluding hydrogens is 296 g/mol. The van der Waals surface area contributed by atoms with Crippen molar-refractivity contribution in [2.24, 2.45) is 0 Å². The molecule has 0 fully saturated rings. The fourth-order valence-electron chi connectivity index (χ4n) is 1.77. The van der Waals surface area contributed by atoms with E-state index in [-0.39, 0.29) is 0 Å². The summed E-state index contributed by atoms with van der Waals surface area (Å²) in [5, 5.41) is 7.47. The summed E-state index contributed by atoms with van der Waals surface area (Å²) in [5.41, 5.74) is 7.94. The fraction of sp³-hybridized carbons (Fsp3) is 0.154. The van der Waals surface area contributed by atoms with Crippen molar-refractivity contribution in [2.75, 3.05) is 5.73 Å². The van der Waals surface area contributed by atoms with Gasteiger partial charge in [0.2, 0.25) is 0 Å². The Morgan fingerprint density at radius 2 is 2.20 bits per heavy atom. The number of hydrogen-bond donors (Lipinski definition) is 1. The van der Waals surface area contributed by atoms with Gasteiger partial charge >= 0.3 is 0 Å². The van der Waals surface area contributed by atoms with Crippen LogP contribution in [0.3, 0.4) is 0 Å². The maximum absolute atomic E-state index is 5.88. The van der Waals surface area contributed by atoms with Crippen molar-refractivity contribution >= 4 is 28.6 Å². The van der Waals surface area contributed by atoms with Crippen LogP contribution in [0.25, 0.3) is 11.5 Å². The number of nitrogens with zero attached hydrogens (tertiary/aromatic N) is 3. The quantitative estimate of drug-likeness (QED) is 0.751. The summed E-state index contributed by atoms with van der Waals surface area (Å²) in [6.45, 7) is 1.96. The molecule has 0 amide bonds. The second kappa shape index (κ2) is 5.22. The molecule has 0 aliphatic rings. The van der Waals surface area contributed by atoms with E-state index in [1.165, 1.54) is 0 Å². The third-order valence-corrected chi connectivity index (χ3v) is 3.88. The lowest BCUT2D eigenvalue weighted by atomic mass is 10.2. The van der Waals surface area contributed by atoms with Gasteiger partial charge < -0.3 is 10.3 Å². The molecule has 3 aromatic rings. The number of aryl methyl sites for hydroxylation is 1. The lowest BCUT2D eigenvalue weighted by Crippen LogP contribution is -1.91. The maximum Gasteiger partial charge on any atom is 0.258 e. The number of aromatic nitrogens is 3. The van der Waals surface area contributed by atoms with Crippen LogP contribution in [0.15, 0.2) is 28.1 Å². The van der Waals surface area contributed by atoms with E-state index >= 15 is 0 Å². The van der Waals surface area contributed by atoms with E-state index in [0.29, 0.717) is 28.8 Å². The third-order valence-electron chi connectivity index (χ3n) is 2.72. The van der Waals surface area contributed by atoms with Crippen LogP contribution < -0.4 is 5.73 Å². The van der Waals surface area contributed by atoms with Crippen LogP contribution in [0.2, 0.25) is 5.02 Å². The lowest BCUT2D eigenvalue weighted by molar-refractivity contribution is 0.424. The molecule has 7 heteroatoms. The van der Waals surface area contributed by atoms with Crippen LogP contribution in [0, 0.1) is 6.92 Å². The maximum atomic E-state index is 5.88. The number of thiazole rings is 1. The van der Waals surface area contributed by atoms with Crippen LogP contribution in [0.5, 0.6) is 0 Å². The first kappa shape index (κ1) is 13.1. The van der Waals surface area contributed by atoms with Crippen LogP contribution in [0.4, 0.5) is 5.69 Å². The smallest absolute Gasteiger partial charge is 0.258 e. The van der Waals surface area contributed by atoms with Crippen molar-refractivity contribution in [3.8, 4) is 11.5 Å². The summed E-state index contributed by atoms with van der Waals surface area (Å²) < 4.78 is 5.24. The molecule has 1 aromatic carbocycles. The zero-order valence-electron chi connectivity index (χ0n) is 10.6. The average molecular weight is 307 g/mol. The summed E-state index contributed by atoms with van der Waals surface area (Å²) in [4.78, 5) is 8.72. The molecule has 5 nitrogen and oxygen atoms in total. The van der Waals surface area contributed by atoms with Gasteiger partial charge in [-0.25, -0.2) is 4.98 Å². The van der Waals surface area contributed by atoms with Crippen molar-refractivity contribution in [3.63, 3.8) is 0 Å². The number of anilines is 1. The molecule has 0 aliphatic carbocycles. The molecule has 102 valence electrons. The standard InChI is InChI=1S/C13H11ClN4OS/c1-7-16-9(6-20-7)5-12-17-13(19-18-12)8-2-3-10(14)11(15)4-8/h2-4,6H,5,15H2,1H3. The molecule has 3 rings (SSSR count). The van der Waals surface area contributed by atoms with Crippen molar-refractivity contribution < 1.29 is 4.52 Å². The van der Waals surface area contributed by atoms with E-state index in [2.05, 4.69) is 15.1 Å². The van der Waals surface area contributed by atoms with Crippen LogP contribution in [-0.4, -0.2) is 15.1 Å². The third kappa shape index (κ3) is 2.66. The number of benzene rings is 1. The van der Waals surface area contributed by atoms with E-state index in [1.807, 2.05) is 12.3 Å². The number of halogens is 1. The fourth-order valence-corrected chi connectivity index (χ4v) is 2.50. The van der Waals surface area contributed by atoms with Crippen molar-refractivity contribution in [1.82, 2.24) is 15.1 Å². The molecule has 0 atom stereocenters. The predicted molar refractivity (Wildman–Crippen MR) is 78.8 cm³/mol. The van der Waals surface area contributed by atoms with Gasteiger partial charge in [0, 0.05) is 10.9 Å². The first-order valence-electron chi connectivity index (χ1n) is 5.91. The number of hydrogen-bond acceptors (Lipinski definition) is 6. The van der Waals surface area contributed by atoms with E-state index in [0.717, 1.165) is 16.3 Å². The Labute approximate surface area is 124 Å². The molecule has 20 heavy (non-hydrogen) atoms. The molecule has 0 saturated carbocycles. The molecule has 2 aromatic heterocycles. The zero-order valence-corrected chi connectivity index (χ0v) is 12.2. The summed E-state index contributed by atoms with van der Waals surface area (Å²) in [6, 6.07) is 5.22. The van der Waals surface area contributed by atoms with E-state index < -0.39 is 0 Å². The monoisotopic (exact) mass is 306 g/mol. The molecule has 0 spiro atoms. The van der Waals surface area contributed by atoms with Gasteiger partial charge in [-0.1, -0.05) is 16.8 Å². The Hall–Kier alpha value is -1.92. The van der Waals surface area contributed by atoms with E-state index in [4.69, 9.17) is 21.9 Å². The highest BCUT2D eigenvalue weighted by Gasteiger charge is 2.11.